The summed E-state index contributed by atoms with van der Waals surface area (Å²) in [7, 11) is 0. The van der Waals surface area contributed by atoms with E-state index in [1.807, 2.05) is 44.0 Å². The number of anilines is 1. The first-order chi connectivity index (χ1) is 11.6. The lowest BCUT2D eigenvalue weighted by atomic mass is 9.80. The number of hydrogen-bond donors (Lipinski definition) is 2. The van der Waals surface area contributed by atoms with E-state index in [0.717, 1.165) is 30.6 Å². The molecule has 1 aromatic carbocycles. The van der Waals surface area contributed by atoms with Gasteiger partial charge in [-0.05, 0) is 57.2 Å². The summed E-state index contributed by atoms with van der Waals surface area (Å²) in [5.41, 5.74) is 4.57. The SMILES string of the molecule is CCN(C(=O)Nc1cccc2c1CCCC2c1c[nH]cn1)C(C)C. The number of imidazole rings is 1. The fraction of sp³-hybridized carbons (Fsp3) is 0.474. The first-order valence-electron chi connectivity index (χ1n) is 8.79. The maximum Gasteiger partial charge on any atom is 0.322 e. The summed E-state index contributed by atoms with van der Waals surface area (Å²) in [5.74, 6) is 0.309. The molecule has 5 nitrogen and oxygen atoms in total. The Morgan fingerprint density at radius 2 is 2.29 bits per heavy atom. The van der Waals surface area contributed by atoms with Gasteiger partial charge >= 0.3 is 6.03 Å². The van der Waals surface area contributed by atoms with Gasteiger partial charge in [0.1, 0.15) is 0 Å². The third-order valence-corrected chi connectivity index (χ3v) is 4.85. The zero-order valence-electron chi connectivity index (χ0n) is 14.7. The van der Waals surface area contributed by atoms with Gasteiger partial charge in [-0.2, -0.15) is 0 Å². The van der Waals surface area contributed by atoms with Crippen molar-refractivity contribution < 1.29 is 4.79 Å². The maximum absolute atomic E-state index is 12.6. The summed E-state index contributed by atoms with van der Waals surface area (Å²) in [4.78, 5) is 21.9. The van der Waals surface area contributed by atoms with E-state index in [9.17, 15) is 4.79 Å². The number of urea groups is 1. The number of aromatic nitrogens is 2. The van der Waals surface area contributed by atoms with E-state index in [2.05, 4.69) is 21.4 Å². The number of rotatable bonds is 4. The number of hydrogen-bond acceptors (Lipinski definition) is 2. The lowest BCUT2D eigenvalue weighted by molar-refractivity contribution is 0.201. The highest BCUT2D eigenvalue weighted by molar-refractivity contribution is 5.90. The van der Waals surface area contributed by atoms with Gasteiger partial charge in [0, 0.05) is 30.4 Å². The molecule has 1 atom stereocenters. The molecule has 24 heavy (non-hydrogen) atoms. The van der Waals surface area contributed by atoms with Gasteiger partial charge in [0.05, 0.1) is 12.0 Å². The molecule has 3 rings (SSSR count). The second-order valence-corrected chi connectivity index (χ2v) is 6.62. The number of fused-ring (bicyclic) bond motifs is 1. The molecule has 0 bridgehead atoms. The van der Waals surface area contributed by atoms with E-state index < -0.39 is 0 Å². The first kappa shape index (κ1) is 16.6. The van der Waals surface area contributed by atoms with Gasteiger partial charge < -0.3 is 15.2 Å². The summed E-state index contributed by atoms with van der Waals surface area (Å²) >= 11 is 0. The van der Waals surface area contributed by atoms with Crippen LogP contribution in [-0.4, -0.2) is 33.5 Å². The highest BCUT2D eigenvalue weighted by atomic mass is 16.2. The van der Waals surface area contributed by atoms with Gasteiger partial charge in [-0.3, -0.25) is 0 Å². The van der Waals surface area contributed by atoms with Gasteiger partial charge in [-0.1, -0.05) is 12.1 Å². The van der Waals surface area contributed by atoms with Crippen LogP contribution in [0.2, 0.25) is 0 Å². The molecular formula is C19H26N4O. The Labute approximate surface area is 143 Å². The molecule has 1 heterocycles. The van der Waals surface area contributed by atoms with Gasteiger partial charge in [0.2, 0.25) is 0 Å². The number of amides is 2. The Hall–Kier alpha value is -2.30. The topological polar surface area (TPSA) is 61.0 Å². The molecular weight excluding hydrogens is 300 g/mol. The number of nitrogens with one attached hydrogen (secondary N) is 2. The minimum atomic E-state index is -0.0252. The molecule has 0 fully saturated rings. The molecule has 0 saturated carbocycles. The van der Waals surface area contributed by atoms with Crippen molar-refractivity contribution in [2.45, 2.75) is 52.0 Å². The molecule has 2 N–H and O–H groups in total. The van der Waals surface area contributed by atoms with Gasteiger partial charge in [0.15, 0.2) is 0 Å². The molecule has 1 aliphatic carbocycles. The lowest BCUT2D eigenvalue weighted by Crippen LogP contribution is -2.40. The summed E-state index contributed by atoms with van der Waals surface area (Å²) in [6.45, 7) is 6.79. The van der Waals surface area contributed by atoms with Crippen LogP contribution in [0, 0.1) is 0 Å². The summed E-state index contributed by atoms with van der Waals surface area (Å²) < 4.78 is 0. The largest absolute Gasteiger partial charge is 0.351 e. The Morgan fingerprint density at radius 1 is 1.46 bits per heavy atom. The molecule has 0 saturated heterocycles. The summed E-state index contributed by atoms with van der Waals surface area (Å²) in [5, 5.41) is 3.13. The van der Waals surface area contributed by atoms with Gasteiger partial charge in [0.25, 0.3) is 0 Å². The standard InChI is InChI=1S/C19H26N4O/c1-4-23(13(2)3)19(24)22-17-10-6-7-14-15(17)8-5-9-16(14)18-11-20-12-21-18/h6-7,10-13,16H,4-5,8-9H2,1-3H3,(H,20,21)(H,22,24). The molecule has 2 aromatic rings. The molecule has 0 spiro atoms. The van der Waals surface area contributed by atoms with E-state index >= 15 is 0 Å². The predicted octanol–water partition coefficient (Wildman–Crippen LogP) is 4.14. The van der Waals surface area contributed by atoms with E-state index in [1.165, 1.54) is 11.1 Å². The third-order valence-electron chi connectivity index (χ3n) is 4.85. The monoisotopic (exact) mass is 326 g/mol. The van der Waals surface area contributed by atoms with Gasteiger partial charge in [-0.15, -0.1) is 0 Å². The van der Waals surface area contributed by atoms with Crippen molar-refractivity contribution in [1.82, 2.24) is 14.9 Å². The minimum absolute atomic E-state index is 0.0252. The van der Waals surface area contributed by atoms with Crippen LogP contribution in [0.1, 0.15) is 56.4 Å². The molecule has 1 aromatic heterocycles. The number of carbonyl (C=O) groups is 1. The number of carbonyl (C=O) groups excluding carboxylic acids is 1. The van der Waals surface area contributed by atoms with E-state index in [0.29, 0.717) is 12.5 Å². The third kappa shape index (κ3) is 3.16. The molecule has 0 aliphatic heterocycles. The van der Waals surface area contributed by atoms with Crippen LogP contribution in [-0.2, 0) is 6.42 Å². The van der Waals surface area contributed by atoms with Crippen LogP contribution in [0.25, 0.3) is 0 Å². The Balaban J connectivity index is 1.89. The number of benzene rings is 1. The summed E-state index contributed by atoms with van der Waals surface area (Å²) in [6, 6.07) is 6.38. The van der Waals surface area contributed by atoms with E-state index in [1.54, 1.807) is 6.33 Å². The zero-order chi connectivity index (χ0) is 17.1. The highest BCUT2D eigenvalue weighted by Crippen LogP contribution is 2.38. The number of nitrogens with zero attached hydrogens (tertiary/aromatic N) is 2. The average Bonchev–Trinajstić information content (AvgIpc) is 3.09. The van der Waals surface area contributed by atoms with Crippen molar-refractivity contribution >= 4 is 11.7 Å². The number of H-pyrrole nitrogens is 1. The van der Waals surface area contributed by atoms with E-state index in [-0.39, 0.29) is 12.1 Å². The van der Waals surface area contributed by atoms with Crippen LogP contribution in [0.4, 0.5) is 10.5 Å². The molecule has 128 valence electrons. The van der Waals surface area contributed by atoms with Crippen LogP contribution in [0.3, 0.4) is 0 Å². The van der Waals surface area contributed by atoms with Crippen molar-refractivity contribution in [2.75, 3.05) is 11.9 Å². The van der Waals surface area contributed by atoms with Crippen LogP contribution in [0.5, 0.6) is 0 Å². The van der Waals surface area contributed by atoms with Crippen molar-refractivity contribution in [3.05, 3.63) is 47.5 Å². The van der Waals surface area contributed by atoms with Crippen LogP contribution in [0.15, 0.2) is 30.7 Å². The van der Waals surface area contributed by atoms with Crippen molar-refractivity contribution in [2.24, 2.45) is 0 Å². The Bertz CT molecular complexity index is 693. The highest BCUT2D eigenvalue weighted by Gasteiger charge is 2.26. The summed E-state index contributed by atoms with van der Waals surface area (Å²) in [6.07, 6.45) is 6.92. The normalized spacial score (nSPS) is 16.8. The van der Waals surface area contributed by atoms with Crippen molar-refractivity contribution in [1.29, 1.82) is 0 Å². The first-order valence-corrected chi connectivity index (χ1v) is 8.79. The Morgan fingerprint density at radius 3 is 2.96 bits per heavy atom. The van der Waals surface area contributed by atoms with Gasteiger partial charge in [-0.25, -0.2) is 9.78 Å². The molecule has 5 heteroatoms. The smallest absolute Gasteiger partial charge is 0.322 e. The quantitative estimate of drug-likeness (QED) is 0.887. The van der Waals surface area contributed by atoms with Crippen LogP contribution >= 0.6 is 0 Å². The fourth-order valence-corrected chi connectivity index (χ4v) is 3.67. The van der Waals surface area contributed by atoms with Crippen LogP contribution < -0.4 is 5.32 Å². The van der Waals surface area contributed by atoms with E-state index in [4.69, 9.17) is 0 Å². The average molecular weight is 326 g/mol. The molecule has 0 radical (unpaired) electrons. The van der Waals surface area contributed by atoms with Crippen molar-refractivity contribution in [3.63, 3.8) is 0 Å². The Kier molecular flexibility index (Phi) is 4.88. The molecule has 1 aliphatic rings. The maximum atomic E-state index is 12.6. The number of aromatic amines is 1. The minimum Gasteiger partial charge on any atom is -0.351 e. The van der Waals surface area contributed by atoms with Crippen molar-refractivity contribution in [3.8, 4) is 0 Å². The second-order valence-electron chi connectivity index (χ2n) is 6.62. The fourth-order valence-electron chi connectivity index (χ4n) is 3.67. The molecule has 2 amide bonds. The molecule has 1 unspecified atom stereocenters. The zero-order valence-corrected chi connectivity index (χ0v) is 14.7. The second kappa shape index (κ2) is 7.07. The lowest BCUT2D eigenvalue weighted by Gasteiger charge is -2.29. The predicted molar refractivity (Wildman–Crippen MR) is 96.3 cm³/mol.